The molecule has 1 heteroatoms. The molecule has 0 aliphatic heterocycles. The summed E-state index contributed by atoms with van der Waals surface area (Å²) in [6, 6.07) is 2.20. The van der Waals surface area contributed by atoms with E-state index < -0.39 is 0 Å². The molecule has 0 spiro atoms. The number of aryl methyl sites for hydroxylation is 1. The SMILES string of the molecule is Cc1cnc2c(c1)=CCC(C)C=2. The quantitative estimate of drug-likeness (QED) is 0.550. The summed E-state index contributed by atoms with van der Waals surface area (Å²) in [5.41, 5.74) is 1.24. The predicted octanol–water partition coefficient (Wildman–Crippen LogP) is 0.991. The number of aromatic nitrogens is 1. The van der Waals surface area contributed by atoms with Crippen molar-refractivity contribution in [3.05, 3.63) is 28.4 Å². The van der Waals surface area contributed by atoms with Crippen LogP contribution >= 0.6 is 0 Å². The van der Waals surface area contributed by atoms with E-state index >= 15 is 0 Å². The average molecular weight is 159 g/mol. The third-order valence-electron chi connectivity index (χ3n) is 2.24. The topological polar surface area (TPSA) is 12.9 Å². The Morgan fingerprint density at radius 1 is 1.50 bits per heavy atom. The number of nitrogens with zero attached hydrogens (tertiary/aromatic N) is 1. The van der Waals surface area contributed by atoms with E-state index in [1.807, 2.05) is 6.20 Å². The second kappa shape index (κ2) is 2.74. The first-order valence-corrected chi connectivity index (χ1v) is 4.40. The zero-order chi connectivity index (χ0) is 8.55. The number of hydrogen-bond donors (Lipinski definition) is 0. The van der Waals surface area contributed by atoms with Crippen LogP contribution < -0.4 is 10.6 Å². The van der Waals surface area contributed by atoms with E-state index in [0.717, 1.165) is 11.8 Å². The van der Waals surface area contributed by atoms with Crippen LogP contribution in [0.1, 0.15) is 18.9 Å². The molecule has 62 valence electrons. The third kappa shape index (κ3) is 1.27. The van der Waals surface area contributed by atoms with Gasteiger partial charge < -0.3 is 0 Å². The highest BCUT2D eigenvalue weighted by molar-refractivity contribution is 5.38. The molecule has 1 aromatic rings. The van der Waals surface area contributed by atoms with Crippen molar-refractivity contribution in [2.24, 2.45) is 5.92 Å². The number of pyridine rings is 1. The largest absolute Gasteiger partial charge is 0.256 e. The number of hydrogen-bond acceptors (Lipinski definition) is 1. The molecule has 0 N–H and O–H groups in total. The molecule has 1 aliphatic rings. The maximum absolute atomic E-state index is 4.38. The van der Waals surface area contributed by atoms with Crippen LogP contribution in [0.4, 0.5) is 0 Å². The number of rotatable bonds is 0. The second-order valence-corrected chi connectivity index (χ2v) is 3.57. The van der Waals surface area contributed by atoms with Crippen molar-refractivity contribution < 1.29 is 0 Å². The Morgan fingerprint density at radius 2 is 2.33 bits per heavy atom. The molecule has 0 fully saturated rings. The van der Waals surface area contributed by atoms with Gasteiger partial charge in [0.25, 0.3) is 0 Å². The molecule has 0 radical (unpaired) electrons. The molecule has 1 nitrogen and oxygen atoms in total. The molecular weight excluding hydrogens is 146 g/mol. The minimum Gasteiger partial charge on any atom is -0.256 e. The summed E-state index contributed by atoms with van der Waals surface area (Å²) < 4.78 is 0. The Kier molecular flexibility index (Phi) is 1.72. The Bertz CT molecular complexity index is 404. The second-order valence-electron chi connectivity index (χ2n) is 3.57. The van der Waals surface area contributed by atoms with Gasteiger partial charge >= 0.3 is 0 Å². The van der Waals surface area contributed by atoms with Gasteiger partial charge in [0.1, 0.15) is 0 Å². The van der Waals surface area contributed by atoms with Crippen molar-refractivity contribution >= 4 is 12.2 Å². The van der Waals surface area contributed by atoms with Gasteiger partial charge in [0.15, 0.2) is 0 Å². The van der Waals surface area contributed by atoms with Gasteiger partial charge in [-0.25, -0.2) is 0 Å². The first-order valence-electron chi connectivity index (χ1n) is 4.40. The van der Waals surface area contributed by atoms with Crippen molar-refractivity contribution in [1.29, 1.82) is 0 Å². The van der Waals surface area contributed by atoms with Crippen LogP contribution in [-0.2, 0) is 0 Å². The summed E-state index contributed by atoms with van der Waals surface area (Å²) in [4.78, 5) is 4.38. The lowest BCUT2D eigenvalue weighted by Gasteiger charge is -2.06. The molecule has 0 saturated carbocycles. The minimum absolute atomic E-state index is 0.646. The molecule has 0 aromatic carbocycles. The summed E-state index contributed by atoms with van der Waals surface area (Å²) in [5, 5.41) is 2.45. The molecule has 1 unspecified atom stereocenters. The Balaban J connectivity index is 2.71. The Hall–Kier alpha value is -1.11. The zero-order valence-electron chi connectivity index (χ0n) is 7.54. The van der Waals surface area contributed by atoms with Crippen LogP contribution in [0.2, 0.25) is 0 Å². The molecule has 2 rings (SSSR count). The standard InChI is InChI=1S/C11H13N/c1-8-3-4-10-5-9(2)7-12-11(10)6-8/h4-8H,3H2,1-2H3. The van der Waals surface area contributed by atoms with Gasteiger partial charge in [0.2, 0.25) is 0 Å². The molecule has 0 amide bonds. The minimum atomic E-state index is 0.646. The lowest BCUT2D eigenvalue weighted by atomic mass is 10.0. The normalized spacial score (nSPS) is 20.7. The van der Waals surface area contributed by atoms with Crippen molar-refractivity contribution in [2.75, 3.05) is 0 Å². The lowest BCUT2D eigenvalue weighted by molar-refractivity contribution is 0.794. The molecule has 1 atom stereocenters. The van der Waals surface area contributed by atoms with E-state index in [1.54, 1.807) is 0 Å². The fraction of sp³-hybridized carbons (Fsp3) is 0.364. The maximum atomic E-state index is 4.38. The third-order valence-corrected chi connectivity index (χ3v) is 2.24. The Morgan fingerprint density at radius 3 is 3.17 bits per heavy atom. The summed E-state index contributed by atoms with van der Waals surface area (Å²) in [5.74, 6) is 0.646. The van der Waals surface area contributed by atoms with Gasteiger partial charge in [-0.1, -0.05) is 19.1 Å². The maximum Gasteiger partial charge on any atom is 0.0661 e. The predicted molar refractivity (Wildman–Crippen MR) is 50.9 cm³/mol. The summed E-state index contributed by atoms with van der Waals surface area (Å²) >= 11 is 0. The van der Waals surface area contributed by atoms with Crippen LogP contribution in [-0.4, -0.2) is 4.98 Å². The van der Waals surface area contributed by atoms with Gasteiger partial charge in [-0.15, -0.1) is 0 Å². The van der Waals surface area contributed by atoms with E-state index in [9.17, 15) is 0 Å². The monoisotopic (exact) mass is 159 g/mol. The Labute approximate surface area is 72.5 Å². The molecule has 1 heterocycles. The average Bonchev–Trinajstić information content (AvgIpc) is 2.05. The molecule has 12 heavy (non-hydrogen) atoms. The number of fused-ring (bicyclic) bond motifs is 1. The zero-order valence-corrected chi connectivity index (χ0v) is 7.54. The van der Waals surface area contributed by atoms with E-state index in [1.165, 1.54) is 10.8 Å². The van der Waals surface area contributed by atoms with Gasteiger partial charge in [-0.2, -0.15) is 0 Å². The van der Waals surface area contributed by atoms with Gasteiger partial charge in [-0.05, 0) is 36.1 Å². The van der Waals surface area contributed by atoms with Crippen molar-refractivity contribution in [2.45, 2.75) is 20.3 Å². The summed E-state index contributed by atoms with van der Waals surface area (Å²) in [6.45, 7) is 4.31. The highest BCUT2D eigenvalue weighted by atomic mass is 14.6. The molecule has 1 aliphatic carbocycles. The highest BCUT2D eigenvalue weighted by Crippen LogP contribution is 2.05. The lowest BCUT2D eigenvalue weighted by Crippen LogP contribution is -2.31. The molecule has 0 saturated heterocycles. The van der Waals surface area contributed by atoms with Gasteiger partial charge in [0, 0.05) is 6.20 Å². The molecule has 0 bridgehead atoms. The van der Waals surface area contributed by atoms with Crippen molar-refractivity contribution in [3.63, 3.8) is 0 Å². The first kappa shape index (κ1) is 7.53. The van der Waals surface area contributed by atoms with E-state index in [0.29, 0.717) is 5.92 Å². The summed E-state index contributed by atoms with van der Waals surface area (Å²) in [7, 11) is 0. The van der Waals surface area contributed by atoms with Crippen LogP contribution in [0.15, 0.2) is 12.3 Å². The van der Waals surface area contributed by atoms with Crippen molar-refractivity contribution in [3.8, 4) is 0 Å². The fourth-order valence-corrected chi connectivity index (χ4v) is 1.56. The van der Waals surface area contributed by atoms with Crippen molar-refractivity contribution in [1.82, 2.24) is 4.98 Å². The van der Waals surface area contributed by atoms with Crippen LogP contribution in [0.5, 0.6) is 0 Å². The smallest absolute Gasteiger partial charge is 0.0661 e. The fourth-order valence-electron chi connectivity index (χ4n) is 1.56. The molecular formula is C11H13N. The van der Waals surface area contributed by atoms with E-state index in [-0.39, 0.29) is 0 Å². The summed E-state index contributed by atoms with van der Waals surface area (Å²) in [6.07, 6.45) is 7.61. The highest BCUT2D eigenvalue weighted by Gasteiger charge is 2.01. The first-order chi connectivity index (χ1) is 5.75. The van der Waals surface area contributed by atoms with Crippen LogP contribution in [0, 0.1) is 12.8 Å². The van der Waals surface area contributed by atoms with Gasteiger partial charge in [-0.3, -0.25) is 4.98 Å². The van der Waals surface area contributed by atoms with Crippen LogP contribution in [0.3, 0.4) is 0 Å². The van der Waals surface area contributed by atoms with E-state index in [2.05, 4.69) is 37.0 Å². The van der Waals surface area contributed by atoms with Crippen LogP contribution in [0.25, 0.3) is 12.2 Å². The van der Waals surface area contributed by atoms with E-state index in [4.69, 9.17) is 0 Å². The van der Waals surface area contributed by atoms with Gasteiger partial charge in [0.05, 0.1) is 5.35 Å². The molecule has 1 aromatic heterocycles.